The average Bonchev–Trinajstić information content (AvgIpc) is 2.06. The molecule has 0 unspecified atom stereocenters. The maximum atomic E-state index is 9.69. The SMILES string of the molecule is Cc1ccc(O)c([C@@H](N)C2CCC2)c1.Cl. The molecule has 1 aliphatic rings. The fraction of sp³-hybridized carbons (Fsp3) is 0.500. The monoisotopic (exact) mass is 227 g/mol. The number of aromatic hydroxyl groups is 1. The van der Waals surface area contributed by atoms with Gasteiger partial charge in [0.05, 0.1) is 0 Å². The van der Waals surface area contributed by atoms with Crippen molar-refractivity contribution in [2.75, 3.05) is 0 Å². The van der Waals surface area contributed by atoms with Crippen LogP contribution >= 0.6 is 12.4 Å². The van der Waals surface area contributed by atoms with Crippen LogP contribution < -0.4 is 5.73 Å². The Kier molecular flexibility index (Phi) is 4.00. The summed E-state index contributed by atoms with van der Waals surface area (Å²) in [6, 6.07) is 5.66. The standard InChI is InChI=1S/C12H17NO.ClH/c1-8-5-6-11(14)10(7-8)12(13)9-3-2-4-9;/h5-7,9,12,14H,2-4,13H2,1H3;1H/t12-;/m0./s1. The van der Waals surface area contributed by atoms with Crippen molar-refractivity contribution in [3.63, 3.8) is 0 Å². The van der Waals surface area contributed by atoms with Crippen molar-refractivity contribution in [1.29, 1.82) is 0 Å². The van der Waals surface area contributed by atoms with Gasteiger partial charge in [-0.1, -0.05) is 24.1 Å². The third kappa shape index (κ3) is 2.44. The highest BCUT2D eigenvalue weighted by Crippen LogP contribution is 2.38. The molecule has 1 atom stereocenters. The van der Waals surface area contributed by atoms with Crippen LogP contribution in [-0.4, -0.2) is 5.11 Å². The molecule has 0 spiro atoms. The fourth-order valence-corrected chi connectivity index (χ4v) is 1.99. The van der Waals surface area contributed by atoms with Gasteiger partial charge in [-0.15, -0.1) is 12.4 Å². The Labute approximate surface area is 96.9 Å². The first-order valence-electron chi connectivity index (χ1n) is 5.23. The molecule has 1 saturated carbocycles. The molecule has 2 rings (SSSR count). The zero-order valence-corrected chi connectivity index (χ0v) is 9.76. The molecule has 0 bridgehead atoms. The summed E-state index contributed by atoms with van der Waals surface area (Å²) in [6.07, 6.45) is 3.69. The molecule has 3 N–H and O–H groups in total. The van der Waals surface area contributed by atoms with Gasteiger partial charge in [0.15, 0.2) is 0 Å². The Balaban J connectivity index is 0.00000112. The fourth-order valence-electron chi connectivity index (χ4n) is 1.99. The molecule has 0 amide bonds. The predicted octanol–water partition coefficient (Wildman–Crippen LogP) is 2.92. The maximum absolute atomic E-state index is 9.69. The summed E-state index contributed by atoms with van der Waals surface area (Å²) < 4.78 is 0. The molecule has 1 aliphatic carbocycles. The summed E-state index contributed by atoms with van der Waals surface area (Å²) in [5.74, 6) is 0.915. The normalized spacial score (nSPS) is 17.7. The van der Waals surface area contributed by atoms with Crippen LogP contribution in [0.25, 0.3) is 0 Å². The zero-order chi connectivity index (χ0) is 10.1. The number of aryl methyl sites for hydroxylation is 1. The average molecular weight is 228 g/mol. The third-order valence-corrected chi connectivity index (χ3v) is 3.20. The number of hydrogen-bond acceptors (Lipinski definition) is 2. The topological polar surface area (TPSA) is 46.2 Å². The van der Waals surface area contributed by atoms with Gasteiger partial charge in [-0.25, -0.2) is 0 Å². The lowest BCUT2D eigenvalue weighted by Crippen LogP contribution is -2.26. The van der Waals surface area contributed by atoms with E-state index >= 15 is 0 Å². The van der Waals surface area contributed by atoms with Gasteiger partial charge >= 0.3 is 0 Å². The van der Waals surface area contributed by atoms with E-state index in [1.807, 2.05) is 19.1 Å². The highest BCUT2D eigenvalue weighted by Gasteiger charge is 2.27. The summed E-state index contributed by atoms with van der Waals surface area (Å²) in [7, 11) is 0. The molecular weight excluding hydrogens is 210 g/mol. The second-order valence-corrected chi connectivity index (χ2v) is 4.28. The number of benzene rings is 1. The quantitative estimate of drug-likeness (QED) is 0.816. The molecule has 0 aliphatic heterocycles. The Hall–Kier alpha value is -0.730. The van der Waals surface area contributed by atoms with Crippen LogP contribution in [0.3, 0.4) is 0 Å². The second-order valence-electron chi connectivity index (χ2n) is 4.28. The van der Waals surface area contributed by atoms with Gasteiger partial charge in [-0.3, -0.25) is 0 Å². The number of rotatable bonds is 2. The van der Waals surface area contributed by atoms with Crippen LogP contribution in [0.15, 0.2) is 18.2 Å². The first-order valence-corrected chi connectivity index (χ1v) is 5.23. The van der Waals surface area contributed by atoms with Crippen molar-refractivity contribution in [3.8, 4) is 5.75 Å². The van der Waals surface area contributed by atoms with Crippen LogP contribution in [0.5, 0.6) is 5.75 Å². The largest absolute Gasteiger partial charge is 0.508 e. The molecule has 1 aromatic carbocycles. The smallest absolute Gasteiger partial charge is 0.120 e. The van der Waals surface area contributed by atoms with Crippen molar-refractivity contribution in [3.05, 3.63) is 29.3 Å². The molecule has 1 fully saturated rings. The van der Waals surface area contributed by atoms with Gasteiger partial charge in [0.25, 0.3) is 0 Å². The number of halogens is 1. The number of nitrogens with two attached hydrogens (primary N) is 1. The van der Waals surface area contributed by atoms with Gasteiger partial charge in [0, 0.05) is 11.6 Å². The molecular formula is C12H18ClNO. The summed E-state index contributed by atoms with van der Waals surface area (Å²) >= 11 is 0. The zero-order valence-electron chi connectivity index (χ0n) is 8.94. The molecule has 1 aromatic rings. The molecule has 2 nitrogen and oxygen atoms in total. The first kappa shape index (κ1) is 12.3. The van der Waals surface area contributed by atoms with Gasteiger partial charge in [0.1, 0.15) is 5.75 Å². The van der Waals surface area contributed by atoms with Gasteiger partial charge in [-0.2, -0.15) is 0 Å². The van der Waals surface area contributed by atoms with Crippen molar-refractivity contribution >= 4 is 12.4 Å². The minimum absolute atomic E-state index is 0. The maximum Gasteiger partial charge on any atom is 0.120 e. The molecule has 0 saturated heterocycles. The number of phenols is 1. The highest BCUT2D eigenvalue weighted by atomic mass is 35.5. The van der Waals surface area contributed by atoms with E-state index in [0.717, 1.165) is 11.1 Å². The molecule has 0 radical (unpaired) electrons. The minimum atomic E-state index is 0. The van der Waals surface area contributed by atoms with Crippen LogP contribution in [0.2, 0.25) is 0 Å². The van der Waals surface area contributed by atoms with E-state index in [9.17, 15) is 5.11 Å². The second kappa shape index (κ2) is 4.86. The molecule has 0 aromatic heterocycles. The van der Waals surface area contributed by atoms with Crippen molar-refractivity contribution in [2.24, 2.45) is 11.7 Å². The van der Waals surface area contributed by atoms with Crippen LogP contribution in [0, 0.1) is 12.8 Å². The summed E-state index contributed by atoms with van der Waals surface area (Å²) in [6.45, 7) is 2.02. The van der Waals surface area contributed by atoms with Crippen LogP contribution in [-0.2, 0) is 0 Å². The summed E-state index contributed by atoms with van der Waals surface area (Å²) in [4.78, 5) is 0. The lowest BCUT2D eigenvalue weighted by molar-refractivity contribution is 0.260. The Morgan fingerprint density at radius 1 is 1.40 bits per heavy atom. The number of hydrogen-bond donors (Lipinski definition) is 2. The number of phenolic OH excluding ortho intramolecular Hbond substituents is 1. The molecule has 3 heteroatoms. The van der Waals surface area contributed by atoms with E-state index in [1.54, 1.807) is 6.07 Å². The van der Waals surface area contributed by atoms with Crippen molar-refractivity contribution in [2.45, 2.75) is 32.2 Å². The Morgan fingerprint density at radius 2 is 2.07 bits per heavy atom. The van der Waals surface area contributed by atoms with Gasteiger partial charge in [-0.05, 0) is 31.7 Å². The van der Waals surface area contributed by atoms with Crippen LogP contribution in [0.1, 0.15) is 36.4 Å². The van der Waals surface area contributed by atoms with E-state index in [-0.39, 0.29) is 18.4 Å². The first-order chi connectivity index (χ1) is 6.68. The van der Waals surface area contributed by atoms with Crippen molar-refractivity contribution < 1.29 is 5.11 Å². The van der Waals surface area contributed by atoms with E-state index < -0.39 is 0 Å². The van der Waals surface area contributed by atoms with E-state index in [0.29, 0.717) is 11.7 Å². The van der Waals surface area contributed by atoms with E-state index in [2.05, 4.69) is 0 Å². The molecule has 15 heavy (non-hydrogen) atoms. The van der Waals surface area contributed by atoms with Crippen LogP contribution in [0.4, 0.5) is 0 Å². The third-order valence-electron chi connectivity index (χ3n) is 3.20. The molecule has 84 valence electrons. The summed E-state index contributed by atoms with van der Waals surface area (Å²) in [5.41, 5.74) is 8.18. The summed E-state index contributed by atoms with van der Waals surface area (Å²) in [5, 5.41) is 9.69. The Morgan fingerprint density at radius 3 is 2.60 bits per heavy atom. The van der Waals surface area contributed by atoms with Crippen molar-refractivity contribution in [1.82, 2.24) is 0 Å². The molecule has 0 heterocycles. The lowest BCUT2D eigenvalue weighted by Gasteiger charge is -2.31. The minimum Gasteiger partial charge on any atom is -0.508 e. The lowest BCUT2D eigenvalue weighted by atomic mass is 9.77. The van der Waals surface area contributed by atoms with Gasteiger partial charge < -0.3 is 10.8 Å². The predicted molar refractivity (Wildman–Crippen MR) is 64.4 cm³/mol. The highest BCUT2D eigenvalue weighted by molar-refractivity contribution is 5.85. The van der Waals surface area contributed by atoms with E-state index in [4.69, 9.17) is 5.73 Å². The van der Waals surface area contributed by atoms with E-state index in [1.165, 1.54) is 19.3 Å². The Bertz CT molecular complexity index is 336. The van der Waals surface area contributed by atoms with Gasteiger partial charge in [0.2, 0.25) is 0 Å².